The highest BCUT2D eigenvalue weighted by molar-refractivity contribution is 7.15. The highest BCUT2D eigenvalue weighted by Gasteiger charge is 2.23. The minimum atomic E-state index is 0.604. The molecule has 1 heterocycles. The van der Waals surface area contributed by atoms with E-state index in [2.05, 4.69) is 43.2 Å². The Bertz CT molecular complexity index is 400. The molecule has 1 fully saturated rings. The fourth-order valence-corrected chi connectivity index (χ4v) is 4.25. The van der Waals surface area contributed by atoms with Crippen molar-refractivity contribution in [2.24, 2.45) is 17.8 Å². The summed E-state index contributed by atoms with van der Waals surface area (Å²) in [5, 5.41) is 14.4. The predicted molar refractivity (Wildman–Crippen MR) is 87.3 cm³/mol. The van der Waals surface area contributed by atoms with Crippen molar-refractivity contribution in [2.45, 2.75) is 72.3 Å². The summed E-state index contributed by atoms with van der Waals surface area (Å²) in [4.78, 5) is 0. The number of nitrogens with zero attached hydrogens (tertiary/aromatic N) is 2. The summed E-state index contributed by atoms with van der Waals surface area (Å²) in [5.74, 6) is 2.36. The molecule has 0 aliphatic heterocycles. The molecule has 1 aromatic heterocycles. The Morgan fingerprint density at radius 1 is 1.15 bits per heavy atom. The van der Waals surface area contributed by atoms with Crippen LogP contribution in [0.25, 0.3) is 0 Å². The molecule has 114 valence electrons. The van der Waals surface area contributed by atoms with Crippen LogP contribution < -0.4 is 5.32 Å². The molecule has 0 aromatic carbocycles. The lowest BCUT2D eigenvalue weighted by atomic mass is 9.81. The van der Waals surface area contributed by atoms with E-state index in [0.29, 0.717) is 12.0 Å². The van der Waals surface area contributed by atoms with Crippen LogP contribution in [-0.2, 0) is 6.42 Å². The SMILES string of the molecule is CC(C)Cc1nnc(NC2CCCC(CC(C)C)C2)s1. The summed E-state index contributed by atoms with van der Waals surface area (Å²) in [6, 6.07) is 0.604. The molecular formula is C16H29N3S. The lowest BCUT2D eigenvalue weighted by molar-refractivity contribution is 0.289. The van der Waals surface area contributed by atoms with E-state index in [4.69, 9.17) is 0 Å². The van der Waals surface area contributed by atoms with Crippen molar-refractivity contribution in [3.05, 3.63) is 5.01 Å². The Kier molecular flexibility index (Phi) is 5.82. The lowest BCUT2D eigenvalue weighted by Crippen LogP contribution is -2.27. The molecule has 4 heteroatoms. The first-order valence-electron chi connectivity index (χ1n) is 8.11. The molecule has 0 saturated heterocycles. The van der Waals surface area contributed by atoms with Gasteiger partial charge in [0.05, 0.1) is 0 Å². The zero-order chi connectivity index (χ0) is 14.5. The predicted octanol–water partition coefficient (Wildman–Crippen LogP) is 4.75. The maximum Gasteiger partial charge on any atom is 0.205 e. The van der Waals surface area contributed by atoms with Crippen LogP contribution in [0.4, 0.5) is 5.13 Å². The van der Waals surface area contributed by atoms with Crippen LogP contribution in [0, 0.1) is 17.8 Å². The molecule has 0 spiro atoms. The van der Waals surface area contributed by atoms with E-state index < -0.39 is 0 Å². The average Bonchev–Trinajstić information content (AvgIpc) is 2.75. The maximum absolute atomic E-state index is 4.31. The fourth-order valence-electron chi connectivity index (χ4n) is 3.22. The second-order valence-electron chi connectivity index (χ2n) is 7.10. The molecule has 3 nitrogen and oxygen atoms in total. The standard InChI is InChI=1S/C16H29N3S/c1-11(2)8-13-6-5-7-14(10-13)17-16-19-18-15(20-16)9-12(3)4/h11-14H,5-10H2,1-4H3,(H,17,19). The van der Waals surface area contributed by atoms with Crippen molar-refractivity contribution < 1.29 is 0 Å². The van der Waals surface area contributed by atoms with Gasteiger partial charge in [0.2, 0.25) is 5.13 Å². The zero-order valence-electron chi connectivity index (χ0n) is 13.4. The van der Waals surface area contributed by atoms with E-state index in [-0.39, 0.29) is 0 Å². The number of nitrogens with one attached hydrogen (secondary N) is 1. The number of rotatable bonds is 6. The Labute approximate surface area is 127 Å². The minimum absolute atomic E-state index is 0.604. The van der Waals surface area contributed by atoms with Crippen molar-refractivity contribution in [1.82, 2.24) is 10.2 Å². The van der Waals surface area contributed by atoms with Gasteiger partial charge < -0.3 is 5.32 Å². The molecule has 20 heavy (non-hydrogen) atoms. The first-order valence-corrected chi connectivity index (χ1v) is 8.93. The molecule has 0 bridgehead atoms. The largest absolute Gasteiger partial charge is 0.357 e. The van der Waals surface area contributed by atoms with Crippen LogP contribution in [0.15, 0.2) is 0 Å². The number of hydrogen-bond donors (Lipinski definition) is 1. The Hall–Kier alpha value is -0.640. The van der Waals surface area contributed by atoms with Gasteiger partial charge in [-0.25, -0.2) is 0 Å². The van der Waals surface area contributed by atoms with Gasteiger partial charge in [-0.1, -0.05) is 51.9 Å². The van der Waals surface area contributed by atoms with Gasteiger partial charge in [0, 0.05) is 12.5 Å². The number of aromatic nitrogens is 2. The average molecular weight is 295 g/mol. The smallest absolute Gasteiger partial charge is 0.205 e. The first-order chi connectivity index (χ1) is 9.52. The molecule has 1 aromatic rings. The molecule has 2 unspecified atom stereocenters. The second kappa shape index (κ2) is 7.39. The van der Waals surface area contributed by atoms with E-state index in [1.807, 2.05) is 0 Å². The monoisotopic (exact) mass is 295 g/mol. The summed E-state index contributed by atoms with van der Waals surface area (Å²) < 4.78 is 0. The third-order valence-corrected chi connectivity index (χ3v) is 4.84. The summed E-state index contributed by atoms with van der Waals surface area (Å²) in [6.45, 7) is 9.12. The zero-order valence-corrected chi connectivity index (χ0v) is 14.2. The van der Waals surface area contributed by atoms with E-state index in [1.54, 1.807) is 11.3 Å². The molecule has 0 amide bonds. The second-order valence-corrected chi connectivity index (χ2v) is 8.16. The Balaban J connectivity index is 1.84. The summed E-state index contributed by atoms with van der Waals surface area (Å²) in [5.41, 5.74) is 0. The highest BCUT2D eigenvalue weighted by atomic mass is 32.1. The normalized spacial score (nSPS) is 23.5. The van der Waals surface area contributed by atoms with Crippen LogP contribution in [0.5, 0.6) is 0 Å². The third-order valence-electron chi connectivity index (χ3n) is 3.96. The molecule has 1 N–H and O–H groups in total. The molecule has 2 atom stereocenters. The van der Waals surface area contributed by atoms with Gasteiger partial charge in [0.25, 0.3) is 0 Å². The van der Waals surface area contributed by atoms with Crippen LogP contribution >= 0.6 is 11.3 Å². The summed E-state index contributed by atoms with van der Waals surface area (Å²) in [7, 11) is 0. The van der Waals surface area contributed by atoms with Crippen molar-refractivity contribution >= 4 is 16.5 Å². The van der Waals surface area contributed by atoms with Gasteiger partial charge in [-0.15, -0.1) is 10.2 Å². The van der Waals surface area contributed by atoms with Crippen LogP contribution in [0.3, 0.4) is 0 Å². The van der Waals surface area contributed by atoms with Gasteiger partial charge >= 0.3 is 0 Å². The number of anilines is 1. The first kappa shape index (κ1) is 15.7. The van der Waals surface area contributed by atoms with Crippen LogP contribution in [0.1, 0.15) is 64.8 Å². The fraction of sp³-hybridized carbons (Fsp3) is 0.875. The topological polar surface area (TPSA) is 37.8 Å². The molecule has 0 radical (unpaired) electrons. The van der Waals surface area contributed by atoms with Gasteiger partial charge in [0.15, 0.2) is 0 Å². The Morgan fingerprint density at radius 2 is 1.95 bits per heavy atom. The van der Waals surface area contributed by atoms with Crippen LogP contribution in [-0.4, -0.2) is 16.2 Å². The van der Waals surface area contributed by atoms with E-state index in [1.165, 1.54) is 32.1 Å². The van der Waals surface area contributed by atoms with Crippen molar-refractivity contribution in [2.75, 3.05) is 5.32 Å². The van der Waals surface area contributed by atoms with Gasteiger partial charge in [-0.2, -0.15) is 0 Å². The molecule has 1 aliphatic carbocycles. The Morgan fingerprint density at radius 3 is 2.65 bits per heavy atom. The molecular weight excluding hydrogens is 266 g/mol. The third kappa shape index (κ3) is 5.04. The highest BCUT2D eigenvalue weighted by Crippen LogP contribution is 2.31. The van der Waals surface area contributed by atoms with Gasteiger partial charge in [0.1, 0.15) is 5.01 Å². The summed E-state index contributed by atoms with van der Waals surface area (Å²) in [6.07, 6.45) is 7.76. The molecule has 1 saturated carbocycles. The van der Waals surface area contributed by atoms with Gasteiger partial charge in [-0.3, -0.25) is 0 Å². The quantitative estimate of drug-likeness (QED) is 0.822. The number of hydrogen-bond acceptors (Lipinski definition) is 4. The molecule has 2 rings (SSSR count). The van der Waals surface area contributed by atoms with Gasteiger partial charge in [-0.05, 0) is 37.0 Å². The van der Waals surface area contributed by atoms with Crippen molar-refractivity contribution in [1.29, 1.82) is 0 Å². The maximum atomic E-state index is 4.31. The minimum Gasteiger partial charge on any atom is -0.357 e. The van der Waals surface area contributed by atoms with E-state index in [0.717, 1.165) is 28.4 Å². The van der Waals surface area contributed by atoms with E-state index >= 15 is 0 Å². The van der Waals surface area contributed by atoms with Crippen molar-refractivity contribution in [3.63, 3.8) is 0 Å². The van der Waals surface area contributed by atoms with E-state index in [9.17, 15) is 0 Å². The van der Waals surface area contributed by atoms with Crippen LogP contribution in [0.2, 0.25) is 0 Å². The summed E-state index contributed by atoms with van der Waals surface area (Å²) >= 11 is 1.74. The molecule has 1 aliphatic rings. The lowest BCUT2D eigenvalue weighted by Gasteiger charge is -2.30. The van der Waals surface area contributed by atoms with Crippen molar-refractivity contribution in [3.8, 4) is 0 Å².